The SMILES string of the molecule is CCCCCCCOc1ccc(N=C=O)cc1.O=C=Nc1ccc(I)cc1. The maximum absolute atomic E-state index is 10.0. The molecule has 0 atom stereocenters. The summed E-state index contributed by atoms with van der Waals surface area (Å²) < 4.78 is 6.71. The van der Waals surface area contributed by atoms with Crippen molar-refractivity contribution in [1.29, 1.82) is 0 Å². The lowest BCUT2D eigenvalue weighted by atomic mass is 10.2. The number of halogens is 1. The van der Waals surface area contributed by atoms with Crippen LogP contribution in [0.15, 0.2) is 58.5 Å². The van der Waals surface area contributed by atoms with Crippen molar-refractivity contribution in [2.24, 2.45) is 9.98 Å². The molecular weight excluding hydrogens is 455 g/mol. The number of ether oxygens (including phenoxy) is 1. The van der Waals surface area contributed by atoms with Crippen LogP contribution in [0.2, 0.25) is 0 Å². The Hall–Kier alpha value is -2.27. The van der Waals surface area contributed by atoms with E-state index >= 15 is 0 Å². The van der Waals surface area contributed by atoms with Crippen LogP contribution in [0, 0.1) is 3.57 Å². The van der Waals surface area contributed by atoms with Gasteiger partial charge in [0.2, 0.25) is 12.2 Å². The van der Waals surface area contributed by atoms with E-state index in [1.165, 1.54) is 37.8 Å². The molecule has 27 heavy (non-hydrogen) atoms. The summed E-state index contributed by atoms with van der Waals surface area (Å²) in [6.07, 6.45) is 9.15. The molecule has 0 heterocycles. The van der Waals surface area contributed by atoms with Crippen molar-refractivity contribution in [3.8, 4) is 5.75 Å². The minimum absolute atomic E-state index is 0.607. The van der Waals surface area contributed by atoms with Gasteiger partial charge in [0, 0.05) is 3.57 Å². The molecule has 0 N–H and O–H groups in total. The number of nitrogens with zero attached hydrogens (tertiary/aromatic N) is 2. The van der Waals surface area contributed by atoms with Crippen LogP contribution in [0.25, 0.3) is 0 Å². The minimum atomic E-state index is 0.607. The highest BCUT2D eigenvalue weighted by Gasteiger charge is 1.95. The molecule has 0 fully saturated rings. The molecule has 0 aliphatic carbocycles. The van der Waals surface area contributed by atoms with E-state index in [0.29, 0.717) is 11.4 Å². The van der Waals surface area contributed by atoms with Crippen molar-refractivity contribution < 1.29 is 14.3 Å². The third-order valence-corrected chi connectivity index (χ3v) is 4.25. The van der Waals surface area contributed by atoms with Crippen LogP contribution in [-0.2, 0) is 9.59 Å². The number of isocyanates is 2. The summed E-state index contributed by atoms with van der Waals surface area (Å²) in [5.41, 5.74) is 1.26. The van der Waals surface area contributed by atoms with Gasteiger partial charge < -0.3 is 4.74 Å². The van der Waals surface area contributed by atoms with E-state index in [1.807, 2.05) is 24.3 Å². The van der Waals surface area contributed by atoms with E-state index in [-0.39, 0.29) is 0 Å². The molecule has 2 aromatic carbocycles. The van der Waals surface area contributed by atoms with Crippen molar-refractivity contribution in [1.82, 2.24) is 0 Å². The quantitative estimate of drug-likeness (QED) is 0.185. The third-order valence-electron chi connectivity index (χ3n) is 3.53. The van der Waals surface area contributed by atoms with Crippen LogP contribution in [0.5, 0.6) is 5.75 Å². The first-order valence-electron chi connectivity index (χ1n) is 8.83. The Morgan fingerprint density at radius 3 is 1.85 bits per heavy atom. The van der Waals surface area contributed by atoms with Gasteiger partial charge in [0.1, 0.15) is 5.75 Å². The molecule has 142 valence electrons. The second-order valence-electron chi connectivity index (χ2n) is 5.64. The number of rotatable bonds is 9. The second-order valence-corrected chi connectivity index (χ2v) is 6.88. The minimum Gasteiger partial charge on any atom is -0.494 e. The summed E-state index contributed by atoms with van der Waals surface area (Å²) in [4.78, 5) is 26.8. The van der Waals surface area contributed by atoms with Gasteiger partial charge in [-0.1, -0.05) is 32.6 Å². The molecule has 5 nitrogen and oxygen atoms in total. The Morgan fingerprint density at radius 2 is 1.33 bits per heavy atom. The number of aliphatic imine (C=N–C) groups is 2. The van der Waals surface area contributed by atoms with E-state index in [1.54, 1.807) is 24.3 Å². The molecule has 0 spiro atoms. The number of hydrogen-bond acceptors (Lipinski definition) is 5. The van der Waals surface area contributed by atoms with E-state index < -0.39 is 0 Å². The highest BCUT2D eigenvalue weighted by molar-refractivity contribution is 14.1. The van der Waals surface area contributed by atoms with Crippen molar-refractivity contribution in [2.45, 2.75) is 39.0 Å². The Bertz CT molecular complexity index is 748. The molecular formula is C21H23IN2O3. The zero-order chi connectivity index (χ0) is 19.7. The molecule has 6 heteroatoms. The fourth-order valence-electron chi connectivity index (χ4n) is 2.13. The summed E-state index contributed by atoms with van der Waals surface area (Å²) >= 11 is 2.18. The van der Waals surface area contributed by atoms with Gasteiger partial charge in [0.25, 0.3) is 0 Å². The summed E-state index contributed by atoms with van der Waals surface area (Å²) in [5, 5.41) is 0. The van der Waals surface area contributed by atoms with Crippen LogP contribution in [-0.4, -0.2) is 18.8 Å². The predicted octanol–water partition coefficient (Wildman–Crippen LogP) is 6.26. The van der Waals surface area contributed by atoms with Crippen LogP contribution < -0.4 is 4.74 Å². The zero-order valence-corrected chi connectivity index (χ0v) is 17.5. The smallest absolute Gasteiger partial charge is 0.240 e. The molecule has 0 aromatic heterocycles. The van der Waals surface area contributed by atoms with Gasteiger partial charge in [0.05, 0.1) is 18.0 Å². The van der Waals surface area contributed by atoms with E-state index in [4.69, 9.17) is 4.74 Å². The zero-order valence-electron chi connectivity index (χ0n) is 15.4. The normalized spacial score (nSPS) is 9.26. The highest BCUT2D eigenvalue weighted by atomic mass is 127. The van der Waals surface area contributed by atoms with Gasteiger partial charge in [0.15, 0.2) is 0 Å². The fourth-order valence-corrected chi connectivity index (χ4v) is 2.49. The molecule has 2 rings (SSSR count). The molecule has 0 aliphatic rings. The van der Waals surface area contributed by atoms with Crippen LogP contribution in [0.1, 0.15) is 39.0 Å². The number of benzene rings is 2. The Morgan fingerprint density at radius 1 is 0.815 bits per heavy atom. The van der Waals surface area contributed by atoms with E-state index in [2.05, 4.69) is 39.5 Å². The lowest BCUT2D eigenvalue weighted by Gasteiger charge is -2.05. The average molecular weight is 478 g/mol. The molecule has 0 unspecified atom stereocenters. The molecule has 2 aromatic rings. The Labute approximate surface area is 173 Å². The first kappa shape index (κ1) is 22.8. The summed E-state index contributed by atoms with van der Waals surface area (Å²) in [6.45, 7) is 2.96. The highest BCUT2D eigenvalue weighted by Crippen LogP contribution is 2.18. The van der Waals surface area contributed by atoms with Crippen LogP contribution in [0.3, 0.4) is 0 Å². The van der Waals surface area contributed by atoms with Crippen molar-refractivity contribution in [2.75, 3.05) is 6.61 Å². The molecule has 0 aliphatic heterocycles. The first-order valence-corrected chi connectivity index (χ1v) is 9.91. The topological polar surface area (TPSA) is 68.1 Å². The van der Waals surface area contributed by atoms with E-state index in [0.717, 1.165) is 22.3 Å². The summed E-state index contributed by atoms with van der Waals surface area (Å²) in [5.74, 6) is 0.824. The maximum Gasteiger partial charge on any atom is 0.240 e. The number of hydrogen-bond donors (Lipinski definition) is 0. The van der Waals surface area contributed by atoms with Crippen molar-refractivity contribution >= 4 is 46.1 Å². The van der Waals surface area contributed by atoms with Gasteiger partial charge in [-0.15, -0.1) is 0 Å². The average Bonchev–Trinajstić information content (AvgIpc) is 2.69. The lowest BCUT2D eigenvalue weighted by Crippen LogP contribution is -1.96. The van der Waals surface area contributed by atoms with Crippen LogP contribution in [0.4, 0.5) is 11.4 Å². The Kier molecular flexibility index (Phi) is 12.5. The third kappa shape index (κ3) is 11.1. The Balaban J connectivity index is 0.000000309. The molecule has 0 bridgehead atoms. The van der Waals surface area contributed by atoms with Crippen molar-refractivity contribution in [3.05, 3.63) is 52.1 Å². The monoisotopic (exact) mass is 478 g/mol. The van der Waals surface area contributed by atoms with Gasteiger partial charge in [-0.2, -0.15) is 9.98 Å². The van der Waals surface area contributed by atoms with Crippen molar-refractivity contribution in [3.63, 3.8) is 0 Å². The lowest BCUT2D eigenvalue weighted by molar-refractivity contribution is 0.304. The standard InChI is InChI=1S/C14H19NO2.C7H4INO/c1-2-3-4-5-6-11-17-14-9-7-13(8-10-14)15-12-16;8-6-1-3-7(4-2-6)9-5-10/h7-10H,2-6,11H2,1H3;1-4H. The predicted molar refractivity (Wildman–Crippen MR) is 115 cm³/mol. The first-order chi connectivity index (χ1) is 13.2. The largest absolute Gasteiger partial charge is 0.494 e. The second kappa shape index (κ2) is 14.9. The summed E-state index contributed by atoms with van der Waals surface area (Å²) in [6, 6.07) is 14.5. The fraction of sp³-hybridized carbons (Fsp3) is 0.333. The molecule has 0 saturated carbocycles. The van der Waals surface area contributed by atoms with Gasteiger partial charge in [-0.3, -0.25) is 0 Å². The van der Waals surface area contributed by atoms with Gasteiger partial charge in [-0.05, 0) is 77.5 Å². The number of unbranched alkanes of at least 4 members (excludes halogenated alkanes) is 4. The molecule has 0 radical (unpaired) electrons. The number of carbonyl (C=O) groups excluding carboxylic acids is 2. The maximum atomic E-state index is 10.0. The van der Waals surface area contributed by atoms with Gasteiger partial charge >= 0.3 is 0 Å². The molecule has 0 amide bonds. The molecule has 0 saturated heterocycles. The summed E-state index contributed by atoms with van der Waals surface area (Å²) in [7, 11) is 0. The van der Waals surface area contributed by atoms with Gasteiger partial charge in [-0.25, -0.2) is 9.59 Å². The van der Waals surface area contributed by atoms with Crippen LogP contribution >= 0.6 is 22.6 Å². The van der Waals surface area contributed by atoms with E-state index in [9.17, 15) is 9.59 Å².